The van der Waals surface area contributed by atoms with E-state index in [-0.39, 0.29) is 5.82 Å². The van der Waals surface area contributed by atoms with Gasteiger partial charge in [-0.05, 0) is 56.3 Å². The molecule has 2 atom stereocenters. The summed E-state index contributed by atoms with van der Waals surface area (Å²) in [4.78, 5) is 2.41. The molecule has 1 aliphatic carbocycles. The summed E-state index contributed by atoms with van der Waals surface area (Å²) in [6.45, 7) is 4.70. The van der Waals surface area contributed by atoms with Crippen molar-refractivity contribution in [2.75, 3.05) is 20.1 Å². The minimum Gasteiger partial charge on any atom is -0.311 e. The fourth-order valence-electron chi connectivity index (χ4n) is 3.72. The van der Waals surface area contributed by atoms with E-state index in [1.807, 2.05) is 12.1 Å². The van der Waals surface area contributed by atoms with E-state index in [1.165, 1.54) is 19.5 Å². The van der Waals surface area contributed by atoms with Gasteiger partial charge in [-0.15, -0.1) is 0 Å². The molecule has 1 heterocycles. The van der Waals surface area contributed by atoms with Gasteiger partial charge in [0.1, 0.15) is 5.82 Å². The van der Waals surface area contributed by atoms with Gasteiger partial charge in [0, 0.05) is 18.6 Å². The normalized spacial score (nSPS) is 34.8. The second-order valence-electron chi connectivity index (χ2n) is 6.69. The van der Waals surface area contributed by atoms with Crippen molar-refractivity contribution in [2.45, 2.75) is 44.2 Å². The van der Waals surface area contributed by atoms with Gasteiger partial charge in [-0.2, -0.15) is 0 Å². The van der Waals surface area contributed by atoms with Crippen LogP contribution in [0.2, 0.25) is 0 Å². The zero-order valence-electron chi connectivity index (χ0n) is 12.5. The number of likely N-dealkylation sites (tertiary alicyclic amines) is 1. The van der Waals surface area contributed by atoms with Crippen LogP contribution in [0.4, 0.5) is 4.39 Å². The summed E-state index contributed by atoms with van der Waals surface area (Å²) in [5.41, 5.74) is 0.905. The van der Waals surface area contributed by atoms with E-state index in [0.717, 1.165) is 18.4 Å². The highest BCUT2D eigenvalue weighted by molar-refractivity contribution is 5.24. The van der Waals surface area contributed by atoms with Crippen molar-refractivity contribution in [2.24, 2.45) is 5.92 Å². The molecule has 1 aromatic rings. The van der Waals surface area contributed by atoms with Gasteiger partial charge in [0.2, 0.25) is 0 Å². The molecule has 110 valence electrons. The van der Waals surface area contributed by atoms with Crippen molar-refractivity contribution in [1.82, 2.24) is 10.2 Å². The number of piperidine rings is 1. The lowest BCUT2D eigenvalue weighted by atomic mass is 9.75. The molecular weight excluding hydrogens is 251 g/mol. The maximum Gasteiger partial charge on any atom is 0.126 e. The molecule has 2 aliphatic rings. The summed E-state index contributed by atoms with van der Waals surface area (Å²) < 4.78 is 13.7. The SMILES string of the molecule is CC1CN(C)CCC1NC1CC(c2ccccc2F)C1. The number of hydrogen-bond donors (Lipinski definition) is 1. The summed E-state index contributed by atoms with van der Waals surface area (Å²) in [5.74, 6) is 1.08. The highest BCUT2D eigenvalue weighted by atomic mass is 19.1. The van der Waals surface area contributed by atoms with Gasteiger partial charge in [-0.1, -0.05) is 25.1 Å². The molecule has 0 radical (unpaired) electrons. The molecule has 20 heavy (non-hydrogen) atoms. The summed E-state index contributed by atoms with van der Waals surface area (Å²) in [7, 11) is 2.20. The van der Waals surface area contributed by atoms with E-state index >= 15 is 0 Å². The van der Waals surface area contributed by atoms with Gasteiger partial charge in [0.05, 0.1) is 0 Å². The Morgan fingerprint density at radius 2 is 2.00 bits per heavy atom. The van der Waals surface area contributed by atoms with Gasteiger partial charge < -0.3 is 10.2 Å². The topological polar surface area (TPSA) is 15.3 Å². The zero-order chi connectivity index (χ0) is 14.1. The van der Waals surface area contributed by atoms with Crippen LogP contribution in [-0.4, -0.2) is 37.1 Å². The third-order valence-electron chi connectivity index (χ3n) is 5.04. The van der Waals surface area contributed by atoms with Gasteiger partial charge in [-0.25, -0.2) is 4.39 Å². The molecule has 0 amide bonds. The van der Waals surface area contributed by atoms with Gasteiger partial charge in [0.25, 0.3) is 0 Å². The predicted octanol–water partition coefficient (Wildman–Crippen LogP) is 3.00. The van der Waals surface area contributed by atoms with E-state index in [4.69, 9.17) is 0 Å². The third kappa shape index (κ3) is 2.89. The molecule has 3 heteroatoms. The number of benzene rings is 1. The zero-order valence-corrected chi connectivity index (χ0v) is 12.5. The molecule has 0 bridgehead atoms. The summed E-state index contributed by atoms with van der Waals surface area (Å²) in [6, 6.07) is 8.45. The van der Waals surface area contributed by atoms with E-state index in [2.05, 4.69) is 24.2 Å². The Hall–Kier alpha value is -0.930. The van der Waals surface area contributed by atoms with E-state index in [1.54, 1.807) is 12.1 Å². The van der Waals surface area contributed by atoms with Crippen molar-refractivity contribution < 1.29 is 4.39 Å². The van der Waals surface area contributed by atoms with Crippen molar-refractivity contribution in [3.05, 3.63) is 35.6 Å². The molecule has 1 aliphatic heterocycles. The maximum atomic E-state index is 13.7. The molecule has 2 nitrogen and oxygen atoms in total. The predicted molar refractivity (Wildman–Crippen MR) is 80.4 cm³/mol. The van der Waals surface area contributed by atoms with Crippen LogP contribution in [0.25, 0.3) is 0 Å². The van der Waals surface area contributed by atoms with Crippen LogP contribution >= 0.6 is 0 Å². The monoisotopic (exact) mass is 276 g/mol. The van der Waals surface area contributed by atoms with Gasteiger partial charge in [-0.3, -0.25) is 0 Å². The largest absolute Gasteiger partial charge is 0.311 e. The second-order valence-corrected chi connectivity index (χ2v) is 6.69. The first kappa shape index (κ1) is 14.0. The second kappa shape index (κ2) is 5.82. The number of hydrogen-bond acceptors (Lipinski definition) is 2. The lowest BCUT2D eigenvalue weighted by Gasteiger charge is -2.43. The summed E-state index contributed by atoms with van der Waals surface area (Å²) in [5, 5.41) is 3.80. The van der Waals surface area contributed by atoms with Crippen molar-refractivity contribution in [3.8, 4) is 0 Å². The van der Waals surface area contributed by atoms with Crippen LogP contribution in [0.1, 0.15) is 37.7 Å². The molecule has 2 fully saturated rings. The van der Waals surface area contributed by atoms with Crippen LogP contribution < -0.4 is 5.32 Å². The third-order valence-corrected chi connectivity index (χ3v) is 5.04. The van der Waals surface area contributed by atoms with E-state index in [9.17, 15) is 4.39 Å². The Balaban J connectivity index is 1.50. The maximum absolute atomic E-state index is 13.7. The Kier molecular flexibility index (Phi) is 4.08. The average molecular weight is 276 g/mol. The first-order valence-corrected chi connectivity index (χ1v) is 7.82. The van der Waals surface area contributed by atoms with Crippen molar-refractivity contribution in [3.63, 3.8) is 0 Å². The average Bonchev–Trinajstić information content (AvgIpc) is 2.37. The Labute approximate surface area is 121 Å². The fraction of sp³-hybridized carbons (Fsp3) is 0.647. The van der Waals surface area contributed by atoms with Crippen LogP contribution in [0.3, 0.4) is 0 Å². The standard InChI is InChI=1S/C17H25FN2/c1-12-11-20(2)8-7-17(12)19-14-9-13(10-14)15-5-3-4-6-16(15)18/h3-6,12-14,17,19H,7-11H2,1-2H3. The molecule has 0 spiro atoms. The highest BCUT2D eigenvalue weighted by Gasteiger charge is 2.35. The van der Waals surface area contributed by atoms with Gasteiger partial charge >= 0.3 is 0 Å². The molecule has 0 aromatic heterocycles. The summed E-state index contributed by atoms with van der Waals surface area (Å²) in [6.07, 6.45) is 3.40. The lowest BCUT2D eigenvalue weighted by Crippen LogP contribution is -2.53. The molecule has 3 rings (SSSR count). The van der Waals surface area contributed by atoms with Crippen LogP contribution in [0.15, 0.2) is 24.3 Å². The van der Waals surface area contributed by atoms with Crippen molar-refractivity contribution >= 4 is 0 Å². The van der Waals surface area contributed by atoms with Gasteiger partial charge in [0.15, 0.2) is 0 Å². The number of nitrogens with one attached hydrogen (secondary N) is 1. The minimum atomic E-state index is -0.0383. The Morgan fingerprint density at radius 1 is 1.25 bits per heavy atom. The molecule has 1 saturated carbocycles. The smallest absolute Gasteiger partial charge is 0.126 e. The molecular formula is C17H25FN2. The molecule has 2 unspecified atom stereocenters. The summed E-state index contributed by atoms with van der Waals surface area (Å²) >= 11 is 0. The Bertz CT molecular complexity index is 456. The number of rotatable bonds is 3. The number of halogens is 1. The quantitative estimate of drug-likeness (QED) is 0.913. The highest BCUT2D eigenvalue weighted by Crippen LogP contribution is 2.38. The molecule has 1 aromatic carbocycles. The molecule has 1 N–H and O–H groups in total. The first-order chi connectivity index (χ1) is 9.63. The fourth-order valence-corrected chi connectivity index (χ4v) is 3.72. The van der Waals surface area contributed by atoms with E-state index < -0.39 is 0 Å². The van der Waals surface area contributed by atoms with E-state index in [0.29, 0.717) is 23.9 Å². The minimum absolute atomic E-state index is 0.0383. The molecule has 1 saturated heterocycles. The lowest BCUT2D eigenvalue weighted by molar-refractivity contribution is 0.145. The van der Waals surface area contributed by atoms with Crippen LogP contribution in [-0.2, 0) is 0 Å². The van der Waals surface area contributed by atoms with Crippen LogP contribution in [0.5, 0.6) is 0 Å². The first-order valence-electron chi connectivity index (χ1n) is 7.82. The van der Waals surface area contributed by atoms with Crippen molar-refractivity contribution in [1.29, 1.82) is 0 Å². The Morgan fingerprint density at radius 3 is 2.70 bits per heavy atom. The van der Waals surface area contributed by atoms with Crippen LogP contribution in [0, 0.1) is 11.7 Å². The number of nitrogens with zero attached hydrogens (tertiary/aromatic N) is 1.